The van der Waals surface area contributed by atoms with Crippen molar-refractivity contribution in [3.63, 3.8) is 0 Å². The molecule has 0 radical (unpaired) electrons. The molecule has 0 aromatic heterocycles. The molecule has 3 N–H and O–H groups in total. The molecule has 4 saturated carbocycles. The Hall–Kier alpha value is -1.23. The highest BCUT2D eigenvalue weighted by atomic mass is 16.3. The largest absolute Gasteiger partial charge is 0.393 e. The molecule has 0 spiro atoms. The topological polar surface area (TPSA) is 77.8 Å². The molecule has 37 heavy (non-hydrogen) atoms. The SMILES string of the molecule is CCCCCCC(=O)C1([C@@H](O)C=C[C@@H](C)[C@H]2CC[C@H]3C(=CC=C4C[C@@H](O)C[C@H](O)C4)CCC[C@]23C)CC1. The quantitative estimate of drug-likeness (QED) is 0.209. The summed E-state index contributed by atoms with van der Waals surface area (Å²) in [7, 11) is 0. The molecule has 4 rings (SSSR count). The lowest BCUT2D eigenvalue weighted by Gasteiger charge is -2.44. The molecular formula is C33H52O4. The number of rotatable bonds is 11. The smallest absolute Gasteiger partial charge is 0.141 e. The van der Waals surface area contributed by atoms with Crippen LogP contribution in [0.4, 0.5) is 0 Å². The second-order valence-corrected chi connectivity index (χ2v) is 13.2. The average molecular weight is 513 g/mol. The van der Waals surface area contributed by atoms with Crippen molar-refractivity contribution >= 4 is 5.78 Å². The number of carbonyl (C=O) groups excluding carboxylic acids is 1. The zero-order chi connectivity index (χ0) is 26.6. The van der Waals surface area contributed by atoms with Crippen molar-refractivity contribution in [3.8, 4) is 0 Å². The van der Waals surface area contributed by atoms with Crippen LogP contribution in [0.3, 0.4) is 0 Å². The second kappa shape index (κ2) is 12.3. The minimum atomic E-state index is -0.645. The van der Waals surface area contributed by atoms with E-state index in [0.717, 1.165) is 32.1 Å². The summed E-state index contributed by atoms with van der Waals surface area (Å²) < 4.78 is 0. The fourth-order valence-corrected chi connectivity index (χ4v) is 8.11. The Bertz CT molecular complexity index is 869. The monoisotopic (exact) mass is 512 g/mol. The minimum Gasteiger partial charge on any atom is -0.393 e. The van der Waals surface area contributed by atoms with Crippen LogP contribution < -0.4 is 0 Å². The highest BCUT2D eigenvalue weighted by Crippen LogP contribution is 2.59. The van der Waals surface area contributed by atoms with Crippen LogP contribution in [-0.4, -0.2) is 39.4 Å². The first-order chi connectivity index (χ1) is 17.7. The summed E-state index contributed by atoms with van der Waals surface area (Å²) in [5, 5.41) is 31.1. The number of aliphatic hydroxyl groups is 3. The Kier molecular flexibility index (Phi) is 9.57. The van der Waals surface area contributed by atoms with Crippen LogP contribution in [0.2, 0.25) is 0 Å². The lowest BCUT2D eigenvalue weighted by molar-refractivity contribution is -0.127. The Labute approximate surface area is 225 Å². The van der Waals surface area contributed by atoms with E-state index in [1.54, 1.807) is 5.57 Å². The Morgan fingerprint density at radius 3 is 2.43 bits per heavy atom. The summed E-state index contributed by atoms with van der Waals surface area (Å²) in [5.41, 5.74) is 2.47. The van der Waals surface area contributed by atoms with Crippen molar-refractivity contribution in [1.29, 1.82) is 0 Å². The van der Waals surface area contributed by atoms with Crippen LogP contribution in [0.25, 0.3) is 0 Å². The van der Waals surface area contributed by atoms with Crippen molar-refractivity contribution in [1.82, 2.24) is 0 Å². The van der Waals surface area contributed by atoms with Gasteiger partial charge in [-0.05, 0) is 93.8 Å². The van der Waals surface area contributed by atoms with Gasteiger partial charge in [0, 0.05) is 6.42 Å². The number of allylic oxidation sites excluding steroid dienone is 4. The third kappa shape index (κ3) is 6.50. The van der Waals surface area contributed by atoms with Gasteiger partial charge in [-0.25, -0.2) is 0 Å². The maximum absolute atomic E-state index is 12.9. The maximum Gasteiger partial charge on any atom is 0.141 e. The molecule has 208 valence electrons. The summed E-state index contributed by atoms with van der Waals surface area (Å²) in [6, 6.07) is 0. The first-order valence-corrected chi connectivity index (χ1v) is 15.3. The number of unbranched alkanes of at least 4 members (excludes halogenated alkanes) is 3. The van der Waals surface area contributed by atoms with E-state index in [1.807, 2.05) is 6.08 Å². The standard InChI is InChI=1S/C33H52O4/c1-4-5-6-7-10-30(36)33(18-19-33)31(37)16-11-23(2)28-14-15-29-25(9-8-17-32(28,29)3)13-12-24-20-26(34)22-27(35)21-24/h11-13,16,23,26-29,31,34-35,37H,4-10,14-15,17-22H2,1-3H3/t23-,26-,27-,28-,29+,31+,32-/m1/s1. The molecule has 0 aliphatic heterocycles. The number of hydrogen-bond acceptors (Lipinski definition) is 4. The molecule has 0 aromatic rings. The first kappa shape index (κ1) is 28.8. The normalized spacial score (nSPS) is 35.9. The van der Waals surface area contributed by atoms with E-state index in [0.29, 0.717) is 43.4 Å². The minimum absolute atomic E-state index is 0.259. The summed E-state index contributed by atoms with van der Waals surface area (Å²) in [4.78, 5) is 12.9. The third-order valence-electron chi connectivity index (χ3n) is 10.5. The number of ketones is 1. The number of carbonyl (C=O) groups is 1. The van der Waals surface area contributed by atoms with Crippen molar-refractivity contribution in [2.24, 2.45) is 28.6 Å². The highest BCUT2D eigenvalue weighted by molar-refractivity contribution is 5.88. The average Bonchev–Trinajstić information content (AvgIpc) is 3.59. The second-order valence-electron chi connectivity index (χ2n) is 13.2. The van der Waals surface area contributed by atoms with Crippen LogP contribution in [0, 0.1) is 28.6 Å². The van der Waals surface area contributed by atoms with Gasteiger partial charge in [-0.2, -0.15) is 0 Å². The van der Waals surface area contributed by atoms with Crippen LogP contribution >= 0.6 is 0 Å². The van der Waals surface area contributed by atoms with E-state index in [-0.39, 0.29) is 11.2 Å². The summed E-state index contributed by atoms with van der Waals surface area (Å²) in [6.45, 7) is 6.97. The number of aliphatic hydroxyl groups excluding tert-OH is 3. The molecule has 0 aromatic carbocycles. The van der Waals surface area contributed by atoms with E-state index < -0.39 is 23.7 Å². The van der Waals surface area contributed by atoms with Crippen LogP contribution in [0.5, 0.6) is 0 Å². The molecule has 0 heterocycles. The van der Waals surface area contributed by atoms with Gasteiger partial charge in [0.2, 0.25) is 0 Å². The number of Topliss-reactive ketones (excluding diaryl/α,β-unsaturated/α-hetero) is 1. The van der Waals surface area contributed by atoms with Crippen molar-refractivity contribution < 1.29 is 20.1 Å². The Balaban J connectivity index is 1.38. The molecule has 0 unspecified atom stereocenters. The van der Waals surface area contributed by atoms with Gasteiger partial charge in [0.05, 0.1) is 23.7 Å². The van der Waals surface area contributed by atoms with Gasteiger partial charge < -0.3 is 15.3 Å². The summed E-state index contributed by atoms with van der Waals surface area (Å²) >= 11 is 0. The van der Waals surface area contributed by atoms with Crippen LogP contribution in [0.15, 0.2) is 35.5 Å². The first-order valence-electron chi connectivity index (χ1n) is 15.3. The predicted octanol–water partition coefficient (Wildman–Crippen LogP) is 6.83. The molecule has 4 aliphatic carbocycles. The molecule has 4 fully saturated rings. The van der Waals surface area contributed by atoms with E-state index in [4.69, 9.17) is 0 Å². The van der Waals surface area contributed by atoms with Crippen LogP contribution in [-0.2, 0) is 4.79 Å². The lowest BCUT2D eigenvalue weighted by Crippen LogP contribution is -2.35. The third-order valence-corrected chi connectivity index (χ3v) is 10.5. The van der Waals surface area contributed by atoms with E-state index >= 15 is 0 Å². The summed E-state index contributed by atoms with van der Waals surface area (Å²) in [5.74, 6) is 1.81. The molecule has 4 aliphatic rings. The van der Waals surface area contributed by atoms with Gasteiger partial charge in [0.25, 0.3) is 0 Å². The van der Waals surface area contributed by atoms with Crippen LogP contribution in [0.1, 0.15) is 117 Å². The molecule has 0 saturated heterocycles. The molecule has 4 nitrogen and oxygen atoms in total. The molecular weight excluding hydrogens is 460 g/mol. The van der Waals surface area contributed by atoms with Gasteiger partial charge in [-0.1, -0.05) is 75.5 Å². The number of hydrogen-bond donors (Lipinski definition) is 3. The maximum atomic E-state index is 12.9. The molecule has 0 bridgehead atoms. The van der Waals surface area contributed by atoms with E-state index in [9.17, 15) is 20.1 Å². The molecule has 0 amide bonds. The van der Waals surface area contributed by atoms with Crippen molar-refractivity contribution in [2.45, 2.75) is 135 Å². The Morgan fingerprint density at radius 2 is 1.76 bits per heavy atom. The zero-order valence-electron chi connectivity index (χ0n) is 23.6. The van der Waals surface area contributed by atoms with Crippen molar-refractivity contribution in [3.05, 3.63) is 35.5 Å². The predicted molar refractivity (Wildman–Crippen MR) is 150 cm³/mol. The van der Waals surface area contributed by atoms with Gasteiger partial charge >= 0.3 is 0 Å². The van der Waals surface area contributed by atoms with Gasteiger partial charge in [-0.15, -0.1) is 0 Å². The fraction of sp³-hybridized carbons (Fsp3) is 0.788. The summed E-state index contributed by atoms with van der Waals surface area (Å²) in [6.07, 6.45) is 21.8. The molecule has 7 atom stereocenters. The van der Waals surface area contributed by atoms with Gasteiger partial charge in [0.1, 0.15) is 5.78 Å². The highest BCUT2D eigenvalue weighted by Gasteiger charge is 2.54. The number of fused-ring (bicyclic) bond motifs is 1. The fourth-order valence-electron chi connectivity index (χ4n) is 8.11. The lowest BCUT2D eigenvalue weighted by atomic mass is 9.61. The van der Waals surface area contributed by atoms with Crippen molar-refractivity contribution in [2.75, 3.05) is 0 Å². The van der Waals surface area contributed by atoms with Gasteiger partial charge in [0.15, 0.2) is 0 Å². The Morgan fingerprint density at radius 1 is 1.03 bits per heavy atom. The van der Waals surface area contributed by atoms with Gasteiger partial charge in [-0.3, -0.25) is 4.79 Å². The zero-order valence-corrected chi connectivity index (χ0v) is 23.6. The molecule has 4 heteroatoms. The van der Waals surface area contributed by atoms with E-state index in [1.165, 1.54) is 44.1 Å². The van der Waals surface area contributed by atoms with E-state index in [2.05, 4.69) is 39.0 Å².